The Labute approximate surface area is 100 Å². The van der Waals surface area contributed by atoms with E-state index >= 15 is 0 Å². The highest BCUT2D eigenvalue weighted by Gasteiger charge is 2.34. The summed E-state index contributed by atoms with van der Waals surface area (Å²) in [4.78, 5) is 2.38. The highest BCUT2D eigenvalue weighted by molar-refractivity contribution is 4.91. The molecule has 0 radical (unpaired) electrons. The summed E-state index contributed by atoms with van der Waals surface area (Å²) < 4.78 is 5.40. The predicted molar refractivity (Wildman–Crippen MR) is 68.5 cm³/mol. The molecule has 1 saturated carbocycles. The molecule has 96 valence electrons. The molecule has 0 saturated heterocycles. The van der Waals surface area contributed by atoms with Crippen LogP contribution in [0.5, 0.6) is 0 Å². The van der Waals surface area contributed by atoms with E-state index in [9.17, 15) is 0 Å². The van der Waals surface area contributed by atoms with Gasteiger partial charge in [-0.15, -0.1) is 0 Å². The summed E-state index contributed by atoms with van der Waals surface area (Å²) in [7, 11) is 2.17. The van der Waals surface area contributed by atoms with E-state index < -0.39 is 0 Å². The van der Waals surface area contributed by atoms with Gasteiger partial charge in [0.2, 0.25) is 0 Å². The molecule has 0 amide bonds. The van der Waals surface area contributed by atoms with Gasteiger partial charge in [-0.2, -0.15) is 0 Å². The van der Waals surface area contributed by atoms with Crippen molar-refractivity contribution in [1.29, 1.82) is 0 Å². The molecule has 2 atom stereocenters. The lowest BCUT2D eigenvalue weighted by atomic mass is 9.73. The Morgan fingerprint density at radius 3 is 2.75 bits per heavy atom. The van der Waals surface area contributed by atoms with E-state index in [2.05, 4.69) is 25.8 Å². The summed E-state index contributed by atoms with van der Waals surface area (Å²) in [6.07, 6.45) is 3.61. The number of hydrogen-bond donors (Lipinski definition) is 1. The Bertz CT molecular complexity index is 206. The maximum Gasteiger partial charge on any atom is 0.0593 e. The van der Waals surface area contributed by atoms with Gasteiger partial charge in [-0.3, -0.25) is 4.90 Å². The summed E-state index contributed by atoms with van der Waals surface area (Å²) in [6.45, 7) is 9.34. The first-order chi connectivity index (χ1) is 7.46. The van der Waals surface area contributed by atoms with Gasteiger partial charge < -0.3 is 10.5 Å². The number of nitrogens with zero attached hydrogens (tertiary/aromatic N) is 1. The molecule has 2 N–H and O–H groups in total. The molecule has 3 nitrogen and oxygen atoms in total. The fourth-order valence-corrected chi connectivity index (χ4v) is 2.57. The first-order valence-corrected chi connectivity index (χ1v) is 6.50. The topological polar surface area (TPSA) is 38.5 Å². The van der Waals surface area contributed by atoms with Crippen molar-refractivity contribution < 1.29 is 4.74 Å². The zero-order chi connectivity index (χ0) is 12.2. The Kier molecular flexibility index (Phi) is 5.22. The quantitative estimate of drug-likeness (QED) is 0.730. The molecular formula is C13H28N2O. The molecule has 2 unspecified atom stereocenters. The van der Waals surface area contributed by atoms with Gasteiger partial charge in [0.25, 0.3) is 0 Å². The molecule has 3 heteroatoms. The second-order valence-electron chi connectivity index (χ2n) is 5.82. The van der Waals surface area contributed by atoms with E-state index in [4.69, 9.17) is 10.5 Å². The third-order valence-corrected chi connectivity index (χ3v) is 3.77. The number of ether oxygens (including phenoxy) is 1. The molecular weight excluding hydrogens is 200 g/mol. The minimum absolute atomic E-state index is 0.333. The monoisotopic (exact) mass is 228 g/mol. The predicted octanol–water partition coefficient (Wildman–Crippen LogP) is 1.86. The van der Waals surface area contributed by atoms with Crippen LogP contribution < -0.4 is 5.73 Å². The van der Waals surface area contributed by atoms with E-state index in [-0.39, 0.29) is 0 Å². The van der Waals surface area contributed by atoms with E-state index in [1.54, 1.807) is 0 Å². The highest BCUT2D eigenvalue weighted by atomic mass is 16.5. The summed E-state index contributed by atoms with van der Waals surface area (Å²) >= 11 is 0. The molecule has 16 heavy (non-hydrogen) atoms. The molecule has 1 fully saturated rings. The third-order valence-electron chi connectivity index (χ3n) is 3.77. The summed E-state index contributed by atoms with van der Waals surface area (Å²) in [5.41, 5.74) is 6.67. The third kappa shape index (κ3) is 4.04. The lowest BCUT2D eigenvalue weighted by Crippen LogP contribution is -2.52. The highest BCUT2D eigenvalue weighted by Crippen LogP contribution is 2.36. The normalized spacial score (nSPS) is 29.6. The molecule has 1 rings (SSSR count). The van der Waals surface area contributed by atoms with Gasteiger partial charge in [-0.1, -0.05) is 13.8 Å². The van der Waals surface area contributed by atoms with E-state index in [1.807, 2.05) is 6.92 Å². The first-order valence-electron chi connectivity index (χ1n) is 6.50. The molecule has 0 bridgehead atoms. The summed E-state index contributed by atoms with van der Waals surface area (Å²) in [5.74, 6) is 0. The smallest absolute Gasteiger partial charge is 0.0593 e. The van der Waals surface area contributed by atoms with Crippen LogP contribution in [-0.4, -0.2) is 43.8 Å². The van der Waals surface area contributed by atoms with Crippen LogP contribution in [0.1, 0.15) is 40.0 Å². The maximum atomic E-state index is 6.22. The molecule has 1 aliphatic rings. The summed E-state index contributed by atoms with van der Waals surface area (Å²) in [6, 6.07) is 0.851. The van der Waals surface area contributed by atoms with Crippen LogP contribution in [0.25, 0.3) is 0 Å². The average Bonchev–Trinajstić information content (AvgIpc) is 2.22. The lowest BCUT2D eigenvalue weighted by Gasteiger charge is -2.43. The van der Waals surface area contributed by atoms with Crippen molar-refractivity contribution in [2.45, 2.75) is 52.1 Å². The van der Waals surface area contributed by atoms with Crippen LogP contribution >= 0.6 is 0 Å². The van der Waals surface area contributed by atoms with Gasteiger partial charge in [0.15, 0.2) is 0 Å². The summed E-state index contributed by atoms with van der Waals surface area (Å²) in [5, 5.41) is 0. The zero-order valence-corrected chi connectivity index (χ0v) is 11.3. The molecule has 0 aromatic carbocycles. The van der Waals surface area contributed by atoms with Crippen LogP contribution in [0.3, 0.4) is 0 Å². The van der Waals surface area contributed by atoms with Crippen molar-refractivity contribution in [2.24, 2.45) is 11.1 Å². The van der Waals surface area contributed by atoms with E-state index in [1.165, 1.54) is 12.8 Å². The Balaban J connectivity index is 2.42. The van der Waals surface area contributed by atoms with E-state index in [0.29, 0.717) is 17.5 Å². The minimum atomic E-state index is 0.333. The van der Waals surface area contributed by atoms with Crippen molar-refractivity contribution in [3.63, 3.8) is 0 Å². The van der Waals surface area contributed by atoms with Crippen molar-refractivity contribution in [2.75, 3.05) is 26.8 Å². The molecule has 0 heterocycles. The van der Waals surface area contributed by atoms with Crippen LogP contribution in [-0.2, 0) is 4.74 Å². The van der Waals surface area contributed by atoms with Gasteiger partial charge in [0.05, 0.1) is 6.61 Å². The van der Waals surface area contributed by atoms with Gasteiger partial charge in [-0.05, 0) is 38.6 Å². The van der Waals surface area contributed by atoms with Crippen LogP contribution in [0, 0.1) is 5.41 Å². The second kappa shape index (κ2) is 5.99. The SMILES string of the molecule is CCOCCN(C)C1CC(C)(C)CCC1N. The fourth-order valence-electron chi connectivity index (χ4n) is 2.57. The number of hydrogen-bond acceptors (Lipinski definition) is 3. The molecule has 1 aliphatic carbocycles. The van der Waals surface area contributed by atoms with Crippen molar-refractivity contribution >= 4 is 0 Å². The van der Waals surface area contributed by atoms with Crippen LogP contribution in [0.2, 0.25) is 0 Å². The minimum Gasteiger partial charge on any atom is -0.380 e. The number of likely N-dealkylation sites (N-methyl/N-ethyl adjacent to an activating group) is 1. The Morgan fingerprint density at radius 2 is 2.12 bits per heavy atom. The maximum absolute atomic E-state index is 6.22. The van der Waals surface area contributed by atoms with Crippen LogP contribution in [0.15, 0.2) is 0 Å². The van der Waals surface area contributed by atoms with E-state index in [0.717, 1.165) is 26.2 Å². The Morgan fingerprint density at radius 1 is 1.44 bits per heavy atom. The number of rotatable bonds is 5. The van der Waals surface area contributed by atoms with Crippen molar-refractivity contribution in [3.8, 4) is 0 Å². The average molecular weight is 228 g/mol. The molecule has 0 spiro atoms. The second-order valence-corrected chi connectivity index (χ2v) is 5.82. The van der Waals surface area contributed by atoms with Crippen LogP contribution in [0.4, 0.5) is 0 Å². The number of nitrogens with two attached hydrogens (primary N) is 1. The molecule has 0 aromatic heterocycles. The van der Waals surface area contributed by atoms with Crippen molar-refractivity contribution in [3.05, 3.63) is 0 Å². The largest absolute Gasteiger partial charge is 0.380 e. The molecule has 0 aromatic rings. The zero-order valence-electron chi connectivity index (χ0n) is 11.3. The first kappa shape index (κ1) is 13.9. The van der Waals surface area contributed by atoms with Gasteiger partial charge >= 0.3 is 0 Å². The Hall–Kier alpha value is -0.120. The molecule has 0 aliphatic heterocycles. The standard InChI is InChI=1S/C13H28N2O/c1-5-16-9-8-15(4)12-10-13(2,3)7-6-11(12)14/h11-12H,5-10,14H2,1-4H3. The van der Waals surface area contributed by atoms with Gasteiger partial charge in [-0.25, -0.2) is 0 Å². The fraction of sp³-hybridized carbons (Fsp3) is 1.00. The lowest BCUT2D eigenvalue weighted by molar-refractivity contribution is 0.0627. The van der Waals surface area contributed by atoms with Gasteiger partial charge in [0, 0.05) is 25.2 Å². The van der Waals surface area contributed by atoms with Crippen molar-refractivity contribution in [1.82, 2.24) is 4.90 Å². The van der Waals surface area contributed by atoms with Gasteiger partial charge in [0.1, 0.15) is 0 Å².